The monoisotopic (exact) mass is 471 g/mol. The number of carbonyl (C=O) groups is 1. The molecule has 1 N–H and O–H groups in total. The second-order valence-electron chi connectivity index (χ2n) is 7.81. The molecule has 0 bridgehead atoms. The summed E-state index contributed by atoms with van der Waals surface area (Å²) in [6, 6.07) is 5.52. The first kappa shape index (κ1) is 25.1. The van der Waals surface area contributed by atoms with E-state index in [1.807, 2.05) is 19.1 Å². The Bertz CT molecular complexity index is 961. The molecular weight excluding hydrogens is 438 g/mol. The maximum Gasteiger partial charge on any atom is 0.263 e. The summed E-state index contributed by atoms with van der Waals surface area (Å²) in [6.45, 7) is 21.6. The third-order valence-electron chi connectivity index (χ3n) is 5.71. The van der Waals surface area contributed by atoms with Crippen molar-refractivity contribution in [1.82, 2.24) is 20.1 Å². The number of amides is 1. The smallest absolute Gasteiger partial charge is 0.263 e. The van der Waals surface area contributed by atoms with Crippen LogP contribution < -0.4 is 10.1 Å². The lowest BCUT2D eigenvalue weighted by Gasteiger charge is -2.26. The number of aromatic nitrogens is 1. The van der Waals surface area contributed by atoms with Crippen molar-refractivity contribution in [3.63, 3.8) is 0 Å². The number of hydrogen-bond donors (Lipinski definition) is 1. The molecule has 0 aliphatic carbocycles. The van der Waals surface area contributed by atoms with E-state index in [-0.39, 0.29) is 5.91 Å². The molecule has 33 heavy (non-hydrogen) atoms. The number of aryl methyl sites for hydroxylation is 1. The topological polar surface area (TPSA) is 71.3 Å². The lowest BCUT2D eigenvalue weighted by atomic mass is 10.2. The van der Waals surface area contributed by atoms with Gasteiger partial charge in [0, 0.05) is 38.3 Å². The Morgan fingerprint density at radius 2 is 2.09 bits per heavy atom. The molecule has 0 saturated carbocycles. The highest BCUT2D eigenvalue weighted by atomic mass is 32.1. The molecule has 0 radical (unpaired) electrons. The van der Waals surface area contributed by atoms with Crippen LogP contribution in [0.1, 0.15) is 29.2 Å². The van der Waals surface area contributed by atoms with Crippen LogP contribution in [0.2, 0.25) is 0 Å². The Morgan fingerprint density at radius 3 is 2.79 bits per heavy atom. The number of nitrogens with one attached hydrogen (secondary N) is 1. The van der Waals surface area contributed by atoms with Crippen LogP contribution in [-0.4, -0.2) is 86.3 Å². The second-order valence-corrected chi connectivity index (χ2v) is 8.81. The number of benzene rings is 1. The normalized spacial score (nSPS) is 14.3. The van der Waals surface area contributed by atoms with Gasteiger partial charge in [0.15, 0.2) is 0 Å². The van der Waals surface area contributed by atoms with Gasteiger partial charge in [-0.2, -0.15) is 0 Å². The molecular formula is C24H33N5O3S. The number of likely N-dealkylation sites (N-methyl/N-ethyl adjacent to an activating group) is 1. The minimum absolute atomic E-state index is 0.105. The standard InChI is InChI=1S/C24H33N5O3S/c1-5-28(6-2)13-16-32-21-8-7-19(17-20(21)25-4)24-27-18(3)22(33-24)23(30)26-9-10-29-11-14-31-15-12-29/h7-8,17H,5-6,9-16H2,1-3H3,(H,26,30). The van der Waals surface area contributed by atoms with Gasteiger partial charge in [0.2, 0.25) is 5.69 Å². The first-order valence-electron chi connectivity index (χ1n) is 11.5. The van der Waals surface area contributed by atoms with Crippen LogP contribution in [-0.2, 0) is 4.74 Å². The summed E-state index contributed by atoms with van der Waals surface area (Å²) < 4.78 is 11.2. The van der Waals surface area contributed by atoms with Crippen LogP contribution in [0.4, 0.5) is 5.69 Å². The summed E-state index contributed by atoms with van der Waals surface area (Å²) in [5, 5.41) is 3.73. The predicted octanol–water partition coefficient (Wildman–Crippen LogP) is 3.45. The number of nitrogens with zero attached hydrogens (tertiary/aromatic N) is 4. The zero-order valence-corrected chi connectivity index (χ0v) is 20.5. The maximum absolute atomic E-state index is 12.7. The lowest BCUT2D eigenvalue weighted by Crippen LogP contribution is -2.41. The average molecular weight is 472 g/mol. The van der Waals surface area contributed by atoms with Gasteiger partial charge in [-0.1, -0.05) is 19.9 Å². The minimum Gasteiger partial charge on any atom is -0.503 e. The van der Waals surface area contributed by atoms with Gasteiger partial charge < -0.3 is 19.7 Å². The van der Waals surface area contributed by atoms with Crippen molar-refractivity contribution in [2.24, 2.45) is 0 Å². The molecule has 2 heterocycles. The van der Waals surface area contributed by atoms with E-state index in [9.17, 15) is 4.79 Å². The van der Waals surface area contributed by atoms with Crippen LogP contribution >= 0.6 is 11.3 Å². The molecule has 1 saturated heterocycles. The Morgan fingerprint density at radius 1 is 1.33 bits per heavy atom. The fourth-order valence-corrected chi connectivity index (χ4v) is 4.63. The van der Waals surface area contributed by atoms with E-state index in [1.54, 1.807) is 6.07 Å². The van der Waals surface area contributed by atoms with Crippen molar-refractivity contribution in [2.75, 3.05) is 65.6 Å². The highest BCUT2D eigenvalue weighted by Gasteiger charge is 2.18. The molecule has 178 valence electrons. The quantitative estimate of drug-likeness (QED) is 0.506. The van der Waals surface area contributed by atoms with Crippen LogP contribution in [0.15, 0.2) is 18.2 Å². The molecule has 3 rings (SSSR count). The zero-order valence-electron chi connectivity index (χ0n) is 19.7. The van der Waals surface area contributed by atoms with Crippen molar-refractivity contribution in [3.05, 3.63) is 40.2 Å². The van der Waals surface area contributed by atoms with E-state index in [1.165, 1.54) is 11.3 Å². The molecule has 1 aromatic heterocycles. The van der Waals surface area contributed by atoms with E-state index < -0.39 is 0 Å². The number of rotatable bonds is 11. The van der Waals surface area contributed by atoms with Gasteiger partial charge in [-0.3, -0.25) is 9.69 Å². The molecule has 1 aromatic carbocycles. The summed E-state index contributed by atoms with van der Waals surface area (Å²) in [4.78, 5) is 26.1. The van der Waals surface area contributed by atoms with Crippen LogP contribution in [0.25, 0.3) is 15.4 Å². The summed E-state index contributed by atoms with van der Waals surface area (Å²) >= 11 is 1.35. The summed E-state index contributed by atoms with van der Waals surface area (Å²) in [5.41, 5.74) is 1.97. The number of thiazole rings is 1. The molecule has 1 fully saturated rings. The minimum atomic E-state index is -0.105. The molecule has 1 aliphatic rings. The van der Waals surface area contributed by atoms with Crippen molar-refractivity contribution >= 4 is 22.9 Å². The first-order valence-corrected chi connectivity index (χ1v) is 12.3. The van der Waals surface area contributed by atoms with Gasteiger partial charge >= 0.3 is 0 Å². The van der Waals surface area contributed by atoms with Gasteiger partial charge in [-0.15, -0.1) is 11.3 Å². The van der Waals surface area contributed by atoms with E-state index >= 15 is 0 Å². The summed E-state index contributed by atoms with van der Waals surface area (Å²) in [7, 11) is 0. The fourth-order valence-electron chi connectivity index (χ4n) is 3.65. The highest BCUT2D eigenvalue weighted by Crippen LogP contribution is 2.35. The third-order valence-corrected chi connectivity index (χ3v) is 6.91. The number of carbonyl (C=O) groups excluding carboxylic acids is 1. The third kappa shape index (κ3) is 6.98. The summed E-state index contributed by atoms with van der Waals surface area (Å²) in [5.74, 6) is 0.474. The van der Waals surface area contributed by atoms with Gasteiger partial charge in [-0.25, -0.2) is 9.83 Å². The molecule has 0 spiro atoms. The summed E-state index contributed by atoms with van der Waals surface area (Å²) in [6.07, 6.45) is 0. The van der Waals surface area contributed by atoms with E-state index in [4.69, 9.17) is 16.0 Å². The molecule has 0 unspecified atom stereocenters. The average Bonchev–Trinajstić information content (AvgIpc) is 3.24. The molecule has 9 heteroatoms. The number of morpholine rings is 1. The fraction of sp³-hybridized carbons (Fsp3) is 0.542. The van der Waals surface area contributed by atoms with Crippen molar-refractivity contribution < 1.29 is 14.3 Å². The van der Waals surface area contributed by atoms with E-state index in [0.717, 1.165) is 63.1 Å². The molecule has 0 atom stereocenters. The van der Waals surface area contributed by atoms with Crippen LogP contribution in [0.3, 0.4) is 0 Å². The van der Waals surface area contributed by atoms with Gasteiger partial charge in [-0.05, 0) is 32.1 Å². The first-order chi connectivity index (χ1) is 16.0. The number of ether oxygens (including phenoxy) is 2. The van der Waals surface area contributed by atoms with Gasteiger partial charge in [0.1, 0.15) is 15.6 Å². The Kier molecular flexibility index (Phi) is 9.63. The van der Waals surface area contributed by atoms with Crippen molar-refractivity contribution in [3.8, 4) is 16.3 Å². The van der Waals surface area contributed by atoms with Crippen LogP contribution in [0, 0.1) is 13.5 Å². The largest absolute Gasteiger partial charge is 0.503 e. The Labute approximate surface area is 200 Å². The zero-order chi connectivity index (χ0) is 23.6. The molecule has 8 nitrogen and oxygen atoms in total. The van der Waals surface area contributed by atoms with Crippen molar-refractivity contribution in [2.45, 2.75) is 20.8 Å². The van der Waals surface area contributed by atoms with Gasteiger partial charge in [0.25, 0.3) is 5.91 Å². The van der Waals surface area contributed by atoms with E-state index in [2.05, 4.69) is 38.8 Å². The van der Waals surface area contributed by atoms with Crippen LogP contribution in [0.5, 0.6) is 5.75 Å². The van der Waals surface area contributed by atoms with Gasteiger partial charge in [0.05, 0.1) is 32.1 Å². The predicted molar refractivity (Wildman–Crippen MR) is 131 cm³/mol. The SMILES string of the molecule is [C-]#[N+]c1cc(-c2nc(C)c(C(=O)NCCN3CCOCC3)s2)ccc1OCCN(CC)CC. The maximum atomic E-state index is 12.7. The number of hydrogen-bond acceptors (Lipinski definition) is 7. The second kappa shape index (κ2) is 12.7. The molecule has 1 aliphatic heterocycles. The Hall–Kier alpha value is -2.51. The van der Waals surface area contributed by atoms with E-state index in [0.29, 0.717) is 35.2 Å². The molecule has 2 aromatic rings. The molecule has 1 amide bonds. The van der Waals surface area contributed by atoms with Crippen molar-refractivity contribution in [1.29, 1.82) is 0 Å². The highest BCUT2D eigenvalue weighted by molar-refractivity contribution is 7.17. The lowest BCUT2D eigenvalue weighted by molar-refractivity contribution is 0.0383. The Balaban J connectivity index is 1.61.